The fraction of sp³-hybridized carbons (Fsp3) is 0.286. The first-order valence-electron chi connectivity index (χ1n) is 3.10. The summed E-state index contributed by atoms with van der Waals surface area (Å²) in [6.45, 7) is 0. The molecule has 0 aliphatic carbocycles. The van der Waals surface area contributed by atoms with E-state index in [0.29, 0.717) is 0 Å². The second-order valence-electron chi connectivity index (χ2n) is 2.14. The standard InChI is InChI=1S/C7H7FN2O/c8-6-4-11-3-5(6)7(10)1-2-9/h3-4,7H,1,10H2/t7-/m0/s1. The van der Waals surface area contributed by atoms with Gasteiger partial charge in [0.05, 0.1) is 18.8 Å². The monoisotopic (exact) mass is 154 g/mol. The molecule has 0 amide bonds. The smallest absolute Gasteiger partial charge is 0.166 e. The molecule has 0 aliphatic heterocycles. The van der Waals surface area contributed by atoms with Gasteiger partial charge in [-0.1, -0.05) is 0 Å². The maximum atomic E-state index is 12.6. The second kappa shape index (κ2) is 3.17. The van der Waals surface area contributed by atoms with E-state index in [2.05, 4.69) is 4.42 Å². The highest BCUT2D eigenvalue weighted by molar-refractivity contribution is 5.14. The van der Waals surface area contributed by atoms with Crippen molar-refractivity contribution < 1.29 is 8.81 Å². The number of furan rings is 1. The van der Waals surface area contributed by atoms with E-state index in [1.165, 1.54) is 6.26 Å². The summed E-state index contributed by atoms with van der Waals surface area (Å²) in [6.07, 6.45) is 2.28. The molecule has 11 heavy (non-hydrogen) atoms. The SMILES string of the molecule is N#CC[C@H](N)c1cocc1F. The van der Waals surface area contributed by atoms with Gasteiger partial charge in [0.1, 0.15) is 6.26 Å². The minimum absolute atomic E-state index is 0.0937. The highest BCUT2D eigenvalue weighted by Gasteiger charge is 2.12. The minimum Gasteiger partial charge on any atom is -0.469 e. The lowest BCUT2D eigenvalue weighted by Crippen LogP contribution is -2.09. The van der Waals surface area contributed by atoms with Crippen LogP contribution in [-0.4, -0.2) is 0 Å². The third-order valence-corrected chi connectivity index (χ3v) is 1.35. The number of hydrogen-bond donors (Lipinski definition) is 1. The molecule has 0 aliphatic rings. The molecular weight excluding hydrogens is 147 g/mol. The number of halogens is 1. The fourth-order valence-corrected chi connectivity index (χ4v) is 0.764. The molecule has 0 saturated carbocycles. The van der Waals surface area contributed by atoms with Crippen LogP contribution in [0.25, 0.3) is 0 Å². The zero-order valence-electron chi connectivity index (χ0n) is 5.75. The highest BCUT2D eigenvalue weighted by Crippen LogP contribution is 2.17. The number of nitrogens with two attached hydrogens (primary N) is 1. The Hall–Kier alpha value is -1.34. The average molecular weight is 154 g/mol. The fourth-order valence-electron chi connectivity index (χ4n) is 0.764. The van der Waals surface area contributed by atoms with E-state index in [0.717, 1.165) is 6.26 Å². The number of rotatable bonds is 2. The second-order valence-corrected chi connectivity index (χ2v) is 2.14. The van der Waals surface area contributed by atoms with E-state index in [1.807, 2.05) is 6.07 Å². The Kier molecular flexibility index (Phi) is 2.24. The van der Waals surface area contributed by atoms with Gasteiger partial charge in [-0.3, -0.25) is 0 Å². The lowest BCUT2D eigenvalue weighted by molar-refractivity contribution is 0.532. The molecule has 0 radical (unpaired) electrons. The molecule has 2 N–H and O–H groups in total. The zero-order valence-corrected chi connectivity index (χ0v) is 5.75. The molecule has 1 aromatic rings. The van der Waals surface area contributed by atoms with Crippen LogP contribution in [0.4, 0.5) is 4.39 Å². The van der Waals surface area contributed by atoms with Crippen molar-refractivity contribution in [1.29, 1.82) is 5.26 Å². The summed E-state index contributed by atoms with van der Waals surface area (Å²) in [7, 11) is 0. The lowest BCUT2D eigenvalue weighted by Gasteiger charge is -2.01. The topological polar surface area (TPSA) is 63.0 Å². The molecular formula is C7H7FN2O. The van der Waals surface area contributed by atoms with Crippen molar-refractivity contribution in [3.63, 3.8) is 0 Å². The molecule has 0 aromatic carbocycles. The molecule has 4 heteroatoms. The van der Waals surface area contributed by atoms with Gasteiger partial charge in [-0.15, -0.1) is 0 Å². The molecule has 0 unspecified atom stereocenters. The van der Waals surface area contributed by atoms with Gasteiger partial charge >= 0.3 is 0 Å². The van der Waals surface area contributed by atoms with Crippen LogP contribution in [0.5, 0.6) is 0 Å². The first-order chi connectivity index (χ1) is 5.25. The van der Waals surface area contributed by atoms with Gasteiger partial charge < -0.3 is 10.2 Å². The van der Waals surface area contributed by atoms with Gasteiger partial charge in [0.15, 0.2) is 5.82 Å². The van der Waals surface area contributed by atoms with Crippen molar-refractivity contribution in [2.24, 2.45) is 5.73 Å². The average Bonchev–Trinajstić information content (AvgIpc) is 2.36. The molecule has 1 heterocycles. The third-order valence-electron chi connectivity index (χ3n) is 1.35. The van der Waals surface area contributed by atoms with E-state index < -0.39 is 11.9 Å². The molecule has 3 nitrogen and oxygen atoms in total. The van der Waals surface area contributed by atoms with E-state index in [9.17, 15) is 4.39 Å². The van der Waals surface area contributed by atoms with Gasteiger partial charge in [0, 0.05) is 11.6 Å². The molecule has 1 rings (SSSR count). The summed E-state index contributed by atoms with van der Waals surface area (Å²) < 4.78 is 17.2. The molecule has 1 aromatic heterocycles. The summed E-state index contributed by atoms with van der Waals surface area (Å²) in [6, 6.07) is 1.27. The van der Waals surface area contributed by atoms with Crippen LogP contribution < -0.4 is 5.73 Å². The maximum Gasteiger partial charge on any atom is 0.166 e. The van der Waals surface area contributed by atoms with Crippen molar-refractivity contribution in [2.75, 3.05) is 0 Å². The van der Waals surface area contributed by atoms with Gasteiger partial charge in [-0.25, -0.2) is 4.39 Å². The summed E-state index contributed by atoms with van der Waals surface area (Å²) in [5.41, 5.74) is 5.68. The Balaban J connectivity index is 2.77. The van der Waals surface area contributed by atoms with Crippen LogP contribution >= 0.6 is 0 Å². The quantitative estimate of drug-likeness (QED) is 0.698. The minimum atomic E-state index is -0.584. The molecule has 0 saturated heterocycles. The van der Waals surface area contributed by atoms with Gasteiger partial charge in [-0.2, -0.15) is 5.26 Å². The third kappa shape index (κ3) is 1.57. The Morgan fingerprint density at radius 3 is 2.91 bits per heavy atom. The number of hydrogen-bond acceptors (Lipinski definition) is 3. The predicted octanol–water partition coefficient (Wildman–Crippen LogP) is 1.33. The molecule has 1 atom stereocenters. The summed E-state index contributed by atoms with van der Waals surface area (Å²) in [5, 5.41) is 8.24. The molecule has 0 fully saturated rings. The van der Waals surface area contributed by atoms with Crippen molar-refractivity contribution in [1.82, 2.24) is 0 Å². The first-order valence-corrected chi connectivity index (χ1v) is 3.10. The Labute approximate surface area is 63.2 Å². The number of nitrogens with zero attached hydrogens (tertiary/aromatic N) is 1. The normalized spacial score (nSPS) is 12.5. The van der Waals surface area contributed by atoms with E-state index in [4.69, 9.17) is 11.0 Å². The Bertz CT molecular complexity index is 276. The molecule has 58 valence electrons. The zero-order chi connectivity index (χ0) is 8.27. The van der Waals surface area contributed by atoms with Crippen molar-refractivity contribution >= 4 is 0 Å². The number of nitriles is 1. The predicted molar refractivity (Wildman–Crippen MR) is 35.8 cm³/mol. The summed E-state index contributed by atoms with van der Waals surface area (Å²) in [5.74, 6) is -0.493. The molecule has 0 bridgehead atoms. The Morgan fingerprint density at radius 2 is 2.45 bits per heavy atom. The largest absolute Gasteiger partial charge is 0.469 e. The van der Waals surface area contributed by atoms with Gasteiger partial charge in [-0.05, 0) is 0 Å². The Morgan fingerprint density at radius 1 is 1.73 bits per heavy atom. The van der Waals surface area contributed by atoms with E-state index in [-0.39, 0.29) is 12.0 Å². The summed E-state index contributed by atoms with van der Waals surface area (Å²) in [4.78, 5) is 0. The highest BCUT2D eigenvalue weighted by atomic mass is 19.1. The molecule has 0 spiro atoms. The van der Waals surface area contributed by atoms with Crippen molar-refractivity contribution in [3.8, 4) is 6.07 Å². The van der Waals surface area contributed by atoms with Crippen LogP contribution in [0.15, 0.2) is 16.9 Å². The lowest BCUT2D eigenvalue weighted by atomic mass is 10.1. The van der Waals surface area contributed by atoms with Crippen LogP contribution in [0, 0.1) is 17.1 Å². The summed E-state index contributed by atoms with van der Waals surface area (Å²) >= 11 is 0. The van der Waals surface area contributed by atoms with E-state index in [1.54, 1.807) is 0 Å². The van der Waals surface area contributed by atoms with Crippen molar-refractivity contribution in [2.45, 2.75) is 12.5 Å². The van der Waals surface area contributed by atoms with Crippen LogP contribution in [-0.2, 0) is 0 Å². The van der Waals surface area contributed by atoms with Crippen molar-refractivity contribution in [3.05, 3.63) is 23.9 Å². The van der Waals surface area contributed by atoms with Crippen LogP contribution in [0.1, 0.15) is 18.0 Å². The first kappa shape index (κ1) is 7.76. The van der Waals surface area contributed by atoms with Gasteiger partial charge in [0.2, 0.25) is 0 Å². The van der Waals surface area contributed by atoms with Crippen LogP contribution in [0.2, 0.25) is 0 Å². The van der Waals surface area contributed by atoms with Crippen LogP contribution in [0.3, 0.4) is 0 Å². The maximum absolute atomic E-state index is 12.6. The van der Waals surface area contributed by atoms with E-state index >= 15 is 0 Å². The van der Waals surface area contributed by atoms with Gasteiger partial charge in [0.25, 0.3) is 0 Å².